The van der Waals surface area contributed by atoms with Crippen molar-refractivity contribution in [1.29, 1.82) is 0 Å². The molecule has 0 spiro atoms. The molecular weight excluding hydrogens is 234 g/mol. The molecule has 1 amide bonds. The van der Waals surface area contributed by atoms with Gasteiger partial charge in [0.15, 0.2) is 0 Å². The Labute approximate surface area is 109 Å². The molecule has 0 atom stereocenters. The first-order valence-electron chi connectivity index (χ1n) is 6.47. The standard InChI is InChI=1S/C13H25NO4/c1-12(2,3)18-11(16)14-13(17-4)7-5-10(9-15)6-8-13/h10,15H,5-9H2,1-4H3,(H,14,16). The van der Waals surface area contributed by atoms with Crippen molar-refractivity contribution < 1.29 is 19.4 Å². The Morgan fingerprint density at radius 2 is 1.94 bits per heavy atom. The summed E-state index contributed by atoms with van der Waals surface area (Å²) >= 11 is 0. The van der Waals surface area contributed by atoms with E-state index in [0.29, 0.717) is 18.8 Å². The van der Waals surface area contributed by atoms with Gasteiger partial charge in [-0.1, -0.05) is 0 Å². The Morgan fingerprint density at radius 3 is 2.33 bits per heavy atom. The second kappa shape index (κ2) is 5.89. The van der Waals surface area contributed by atoms with Gasteiger partial charge >= 0.3 is 6.09 Å². The van der Waals surface area contributed by atoms with Gasteiger partial charge in [0, 0.05) is 13.7 Å². The van der Waals surface area contributed by atoms with Crippen LogP contribution in [0.25, 0.3) is 0 Å². The van der Waals surface area contributed by atoms with Crippen LogP contribution in [0, 0.1) is 5.92 Å². The predicted octanol–water partition coefficient (Wildman–Crippen LogP) is 2.04. The van der Waals surface area contributed by atoms with Gasteiger partial charge in [0.1, 0.15) is 11.3 Å². The number of alkyl carbamates (subject to hydrolysis) is 1. The summed E-state index contributed by atoms with van der Waals surface area (Å²) < 4.78 is 10.7. The van der Waals surface area contributed by atoms with Gasteiger partial charge in [-0.2, -0.15) is 0 Å². The molecule has 106 valence electrons. The van der Waals surface area contributed by atoms with Gasteiger partial charge in [-0.3, -0.25) is 5.32 Å². The highest BCUT2D eigenvalue weighted by molar-refractivity contribution is 5.68. The highest BCUT2D eigenvalue weighted by atomic mass is 16.6. The number of methoxy groups -OCH3 is 1. The van der Waals surface area contributed by atoms with Crippen molar-refractivity contribution in [3.8, 4) is 0 Å². The predicted molar refractivity (Wildman–Crippen MR) is 68.2 cm³/mol. The molecule has 0 aliphatic heterocycles. The average Bonchev–Trinajstić information content (AvgIpc) is 2.27. The van der Waals surface area contributed by atoms with Gasteiger partial charge in [0.25, 0.3) is 0 Å². The molecule has 18 heavy (non-hydrogen) atoms. The van der Waals surface area contributed by atoms with Gasteiger partial charge in [-0.05, 0) is 52.4 Å². The number of nitrogens with one attached hydrogen (secondary N) is 1. The van der Waals surface area contributed by atoms with E-state index in [2.05, 4.69) is 5.32 Å². The van der Waals surface area contributed by atoms with Gasteiger partial charge in [-0.25, -0.2) is 4.79 Å². The molecule has 1 aliphatic carbocycles. The molecule has 1 aliphatic rings. The number of hydrogen-bond acceptors (Lipinski definition) is 4. The summed E-state index contributed by atoms with van der Waals surface area (Å²) in [4.78, 5) is 11.8. The first-order valence-corrected chi connectivity index (χ1v) is 6.47. The molecule has 0 unspecified atom stereocenters. The molecule has 0 heterocycles. The lowest BCUT2D eigenvalue weighted by Gasteiger charge is -2.39. The topological polar surface area (TPSA) is 67.8 Å². The van der Waals surface area contributed by atoms with E-state index in [4.69, 9.17) is 14.6 Å². The number of carbonyl (C=O) groups is 1. The number of hydrogen-bond donors (Lipinski definition) is 2. The zero-order chi connectivity index (χ0) is 13.8. The molecule has 0 aromatic heterocycles. The van der Waals surface area contributed by atoms with Crippen LogP contribution in [0.2, 0.25) is 0 Å². The van der Waals surface area contributed by atoms with Crippen LogP contribution in [0.15, 0.2) is 0 Å². The molecule has 0 aromatic rings. The molecular formula is C13H25NO4. The van der Waals surface area contributed by atoms with Crippen LogP contribution in [-0.2, 0) is 9.47 Å². The monoisotopic (exact) mass is 259 g/mol. The first kappa shape index (κ1) is 15.2. The molecule has 1 rings (SSSR count). The maximum atomic E-state index is 11.8. The van der Waals surface area contributed by atoms with Gasteiger partial charge in [0.05, 0.1) is 0 Å². The maximum Gasteiger partial charge on any atom is 0.409 e. The van der Waals surface area contributed by atoms with Crippen molar-refractivity contribution in [3.63, 3.8) is 0 Å². The normalized spacial score (nSPS) is 28.8. The van der Waals surface area contributed by atoms with Crippen molar-refractivity contribution >= 4 is 6.09 Å². The van der Waals surface area contributed by atoms with Gasteiger partial charge < -0.3 is 14.6 Å². The molecule has 5 heteroatoms. The minimum Gasteiger partial charge on any atom is -0.444 e. The fourth-order valence-corrected chi connectivity index (χ4v) is 2.20. The Balaban J connectivity index is 2.54. The summed E-state index contributed by atoms with van der Waals surface area (Å²) in [6, 6.07) is 0. The summed E-state index contributed by atoms with van der Waals surface area (Å²) in [5, 5.41) is 11.9. The number of aliphatic hydroxyl groups excluding tert-OH is 1. The highest BCUT2D eigenvalue weighted by Crippen LogP contribution is 2.32. The average molecular weight is 259 g/mol. The SMILES string of the molecule is COC1(NC(=O)OC(C)(C)C)CCC(CO)CC1. The second-order valence-electron chi connectivity index (χ2n) is 5.95. The summed E-state index contributed by atoms with van der Waals surface area (Å²) in [6.45, 7) is 5.68. The molecule has 5 nitrogen and oxygen atoms in total. The van der Waals surface area contributed by atoms with Crippen LogP contribution in [-0.4, -0.2) is 36.2 Å². The Bertz CT molecular complexity index is 277. The number of rotatable bonds is 3. The fraction of sp³-hybridized carbons (Fsp3) is 0.923. The van der Waals surface area contributed by atoms with E-state index >= 15 is 0 Å². The lowest BCUT2D eigenvalue weighted by Crippen LogP contribution is -2.53. The lowest BCUT2D eigenvalue weighted by molar-refractivity contribution is -0.0799. The van der Waals surface area contributed by atoms with E-state index in [-0.39, 0.29) is 6.61 Å². The largest absolute Gasteiger partial charge is 0.444 e. The summed E-state index contributed by atoms with van der Waals surface area (Å²) in [6.07, 6.45) is 2.65. The van der Waals surface area contributed by atoms with E-state index in [1.54, 1.807) is 7.11 Å². The van der Waals surface area contributed by atoms with E-state index < -0.39 is 17.4 Å². The molecule has 0 saturated heterocycles. The minimum atomic E-state index is -0.645. The third-order valence-corrected chi connectivity index (χ3v) is 3.29. The first-order chi connectivity index (χ1) is 8.30. The zero-order valence-corrected chi connectivity index (χ0v) is 11.8. The number of amides is 1. The Hall–Kier alpha value is -0.810. The van der Waals surface area contributed by atoms with Crippen LogP contribution >= 0.6 is 0 Å². The second-order valence-corrected chi connectivity index (χ2v) is 5.95. The highest BCUT2D eigenvalue weighted by Gasteiger charge is 2.37. The molecule has 0 bridgehead atoms. The molecule has 2 N–H and O–H groups in total. The van der Waals surface area contributed by atoms with Crippen LogP contribution in [0.5, 0.6) is 0 Å². The molecule has 0 aromatic carbocycles. The number of ether oxygens (including phenoxy) is 2. The quantitative estimate of drug-likeness (QED) is 0.761. The summed E-state index contributed by atoms with van der Waals surface area (Å²) in [5.41, 5.74) is -1.16. The summed E-state index contributed by atoms with van der Waals surface area (Å²) in [7, 11) is 1.59. The van der Waals surface area contributed by atoms with Crippen molar-refractivity contribution in [3.05, 3.63) is 0 Å². The van der Waals surface area contributed by atoms with Crippen molar-refractivity contribution in [2.75, 3.05) is 13.7 Å². The van der Waals surface area contributed by atoms with E-state index in [0.717, 1.165) is 12.8 Å². The third-order valence-electron chi connectivity index (χ3n) is 3.29. The van der Waals surface area contributed by atoms with Gasteiger partial charge in [0.2, 0.25) is 0 Å². The Morgan fingerprint density at radius 1 is 1.39 bits per heavy atom. The summed E-state index contributed by atoms with van der Waals surface area (Å²) in [5.74, 6) is 0.314. The van der Waals surface area contributed by atoms with Crippen LogP contribution in [0.3, 0.4) is 0 Å². The van der Waals surface area contributed by atoms with Crippen LogP contribution in [0.4, 0.5) is 4.79 Å². The van der Waals surface area contributed by atoms with Crippen LogP contribution < -0.4 is 5.32 Å². The van der Waals surface area contributed by atoms with E-state index in [9.17, 15) is 4.79 Å². The smallest absolute Gasteiger partial charge is 0.409 e. The van der Waals surface area contributed by atoms with E-state index in [1.807, 2.05) is 20.8 Å². The fourth-order valence-electron chi connectivity index (χ4n) is 2.20. The number of carbonyl (C=O) groups excluding carboxylic acids is 1. The number of aliphatic hydroxyl groups is 1. The third kappa shape index (κ3) is 4.46. The maximum absolute atomic E-state index is 11.8. The van der Waals surface area contributed by atoms with Crippen molar-refractivity contribution in [1.82, 2.24) is 5.32 Å². The van der Waals surface area contributed by atoms with Crippen LogP contribution in [0.1, 0.15) is 46.5 Å². The molecule has 0 radical (unpaired) electrons. The molecule has 1 fully saturated rings. The van der Waals surface area contributed by atoms with Crippen molar-refractivity contribution in [2.45, 2.75) is 57.8 Å². The molecule has 1 saturated carbocycles. The lowest BCUT2D eigenvalue weighted by atomic mass is 9.84. The van der Waals surface area contributed by atoms with Gasteiger partial charge in [-0.15, -0.1) is 0 Å². The minimum absolute atomic E-state index is 0.201. The zero-order valence-electron chi connectivity index (χ0n) is 11.8. The van der Waals surface area contributed by atoms with Crippen molar-refractivity contribution in [2.24, 2.45) is 5.92 Å². The Kier molecular flexibility index (Phi) is 4.99. The van der Waals surface area contributed by atoms with E-state index in [1.165, 1.54) is 0 Å².